The van der Waals surface area contributed by atoms with E-state index in [4.69, 9.17) is 16.2 Å². The van der Waals surface area contributed by atoms with E-state index in [0.29, 0.717) is 6.42 Å². The fraction of sp³-hybridized carbons (Fsp3) is 0.500. The maximum atomic E-state index is 12.0. The van der Waals surface area contributed by atoms with Gasteiger partial charge in [-0.2, -0.15) is 0 Å². The number of carbonyl (C=O) groups excluding carboxylic acids is 3. The Morgan fingerprint density at radius 2 is 1.84 bits per heavy atom. The molecule has 0 aliphatic rings. The van der Waals surface area contributed by atoms with E-state index < -0.39 is 29.9 Å². The van der Waals surface area contributed by atoms with Crippen LogP contribution in [0.25, 0.3) is 0 Å². The average molecular weight is 349 g/mol. The monoisotopic (exact) mass is 349 g/mol. The van der Waals surface area contributed by atoms with E-state index >= 15 is 0 Å². The first-order valence-electron chi connectivity index (χ1n) is 8.48. The van der Waals surface area contributed by atoms with Gasteiger partial charge in [0, 0.05) is 6.42 Å². The molecular weight excluding hydrogens is 322 g/mol. The van der Waals surface area contributed by atoms with E-state index in [1.807, 2.05) is 37.3 Å². The minimum Gasteiger partial charge on any atom is -0.461 e. The third kappa shape index (κ3) is 8.30. The van der Waals surface area contributed by atoms with Crippen LogP contribution in [0.1, 0.15) is 44.6 Å². The molecule has 5 N–H and O–H groups in total. The second kappa shape index (κ2) is 11.2. The molecule has 25 heavy (non-hydrogen) atoms. The fourth-order valence-corrected chi connectivity index (χ4v) is 2.19. The molecule has 1 aromatic carbocycles. The van der Waals surface area contributed by atoms with Crippen molar-refractivity contribution >= 4 is 17.8 Å². The van der Waals surface area contributed by atoms with E-state index in [-0.39, 0.29) is 19.4 Å². The molecule has 0 radical (unpaired) electrons. The van der Waals surface area contributed by atoms with E-state index in [2.05, 4.69) is 5.32 Å². The molecule has 2 atom stereocenters. The zero-order chi connectivity index (χ0) is 18.7. The zero-order valence-electron chi connectivity index (χ0n) is 14.6. The zero-order valence-corrected chi connectivity index (χ0v) is 14.6. The number of rotatable bonds is 11. The van der Waals surface area contributed by atoms with Gasteiger partial charge in [0.05, 0.1) is 6.04 Å². The van der Waals surface area contributed by atoms with Gasteiger partial charge in [-0.25, -0.2) is 0 Å². The first-order valence-corrected chi connectivity index (χ1v) is 8.48. The van der Waals surface area contributed by atoms with E-state index in [0.717, 1.165) is 18.4 Å². The maximum absolute atomic E-state index is 12.0. The van der Waals surface area contributed by atoms with Crippen molar-refractivity contribution in [1.29, 1.82) is 0 Å². The molecule has 0 spiro atoms. The molecule has 1 rings (SSSR count). The Bertz CT molecular complexity index is 563. The molecule has 0 saturated heterocycles. The minimum absolute atomic E-state index is 0.0229. The summed E-state index contributed by atoms with van der Waals surface area (Å²) in [6, 6.07) is 7.63. The lowest BCUT2D eigenvalue weighted by Crippen LogP contribution is -2.50. The van der Waals surface area contributed by atoms with Crippen molar-refractivity contribution in [3.63, 3.8) is 0 Å². The molecule has 0 aliphatic carbocycles. The van der Waals surface area contributed by atoms with Gasteiger partial charge in [-0.15, -0.1) is 0 Å². The molecule has 0 bridgehead atoms. The summed E-state index contributed by atoms with van der Waals surface area (Å²) in [5.74, 6) is -1.60. The molecular formula is C18H27N3O4. The predicted molar refractivity (Wildman–Crippen MR) is 94.1 cm³/mol. The van der Waals surface area contributed by atoms with Crippen molar-refractivity contribution < 1.29 is 19.1 Å². The highest BCUT2D eigenvalue weighted by Crippen LogP contribution is 2.05. The molecule has 138 valence electrons. The first-order chi connectivity index (χ1) is 11.9. The Balaban J connectivity index is 2.40. The number of unbranched alkanes of at least 4 members (excludes halogenated alkanes) is 1. The van der Waals surface area contributed by atoms with E-state index in [1.165, 1.54) is 0 Å². The van der Waals surface area contributed by atoms with Crippen LogP contribution in [0.2, 0.25) is 0 Å². The largest absolute Gasteiger partial charge is 0.461 e. The van der Waals surface area contributed by atoms with Crippen LogP contribution < -0.4 is 16.8 Å². The molecule has 2 amide bonds. The topological polar surface area (TPSA) is 125 Å². The third-order valence-electron chi connectivity index (χ3n) is 3.75. The normalized spacial score (nSPS) is 12.9. The summed E-state index contributed by atoms with van der Waals surface area (Å²) in [5, 5.41) is 2.51. The van der Waals surface area contributed by atoms with Crippen LogP contribution in [0.15, 0.2) is 30.3 Å². The highest BCUT2D eigenvalue weighted by molar-refractivity contribution is 5.89. The molecule has 0 aromatic heterocycles. The number of benzene rings is 1. The summed E-state index contributed by atoms with van der Waals surface area (Å²) in [4.78, 5) is 35.2. The van der Waals surface area contributed by atoms with Gasteiger partial charge in [-0.1, -0.05) is 50.1 Å². The van der Waals surface area contributed by atoms with E-state index in [9.17, 15) is 14.4 Å². The number of esters is 1. The Labute approximate surface area is 148 Å². The Morgan fingerprint density at radius 3 is 2.44 bits per heavy atom. The van der Waals surface area contributed by atoms with Crippen LogP contribution in [-0.4, -0.2) is 29.9 Å². The molecule has 7 nitrogen and oxygen atoms in total. The highest BCUT2D eigenvalue weighted by atomic mass is 16.5. The van der Waals surface area contributed by atoms with E-state index in [1.54, 1.807) is 0 Å². The summed E-state index contributed by atoms with van der Waals surface area (Å²) >= 11 is 0. The molecule has 0 heterocycles. The number of ether oxygens (including phenoxy) is 1. The number of nitrogens with one attached hydrogen (secondary N) is 1. The quantitative estimate of drug-likeness (QED) is 0.514. The van der Waals surface area contributed by atoms with Gasteiger partial charge >= 0.3 is 5.97 Å². The lowest BCUT2D eigenvalue weighted by molar-refractivity contribution is -0.145. The number of hydrogen-bond acceptors (Lipinski definition) is 5. The van der Waals surface area contributed by atoms with Crippen molar-refractivity contribution in [2.75, 3.05) is 0 Å². The van der Waals surface area contributed by atoms with Gasteiger partial charge in [0.25, 0.3) is 0 Å². The lowest BCUT2D eigenvalue weighted by Gasteiger charge is -2.18. The molecule has 0 saturated carbocycles. The standard InChI is InChI=1S/C18H27N3O4/c1-2-3-9-14(19)18(24)21-15(17(20)23)10-11-16(22)25-12-13-7-5-4-6-8-13/h4-8,14-15H,2-3,9-12,19H2,1H3,(H2,20,23)(H,21,24)/t14-,15+/m0/s1. The summed E-state index contributed by atoms with van der Waals surface area (Å²) in [5.41, 5.74) is 11.9. The summed E-state index contributed by atoms with van der Waals surface area (Å²) in [6.07, 6.45) is 2.34. The minimum atomic E-state index is -0.940. The second-order valence-electron chi connectivity index (χ2n) is 5.90. The highest BCUT2D eigenvalue weighted by Gasteiger charge is 2.22. The second-order valence-corrected chi connectivity index (χ2v) is 5.90. The van der Waals surface area contributed by atoms with Gasteiger partial charge in [0.15, 0.2) is 0 Å². The molecule has 0 aliphatic heterocycles. The van der Waals surface area contributed by atoms with Gasteiger partial charge in [0.2, 0.25) is 11.8 Å². The van der Waals surface area contributed by atoms with Crippen molar-refractivity contribution in [3.05, 3.63) is 35.9 Å². The fourth-order valence-electron chi connectivity index (χ4n) is 2.19. The third-order valence-corrected chi connectivity index (χ3v) is 3.75. The maximum Gasteiger partial charge on any atom is 0.306 e. The Morgan fingerprint density at radius 1 is 1.16 bits per heavy atom. The van der Waals surface area contributed by atoms with Crippen LogP contribution in [0, 0.1) is 0 Å². The summed E-state index contributed by atoms with van der Waals surface area (Å²) in [7, 11) is 0. The average Bonchev–Trinajstić information content (AvgIpc) is 2.61. The SMILES string of the molecule is CCCC[C@H](N)C(=O)N[C@H](CCC(=O)OCc1ccccc1)C(N)=O. The molecule has 7 heteroatoms. The van der Waals surface area contributed by atoms with Gasteiger partial charge in [-0.05, 0) is 18.4 Å². The van der Waals surface area contributed by atoms with Gasteiger partial charge < -0.3 is 21.5 Å². The van der Waals surface area contributed by atoms with Crippen LogP contribution >= 0.6 is 0 Å². The summed E-state index contributed by atoms with van der Waals surface area (Å²) < 4.78 is 5.14. The number of hydrogen-bond donors (Lipinski definition) is 3. The number of nitrogens with two attached hydrogens (primary N) is 2. The molecule has 1 aromatic rings. The molecule has 0 fully saturated rings. The van der Waals surface area contributed by atoms with Crippen molar-refractivity contribution in [2.45, 2.75) is 57.7 Å². The van der Waals surface area contributed by atoms with Crippen molar-refractivity contribution in [1.82, 2.24) is 5.32 Å². The van der Waals surface area contributed by atoms with Crippen LogP contribution in [0.5, 0.6) is 0 Å². The van der Waals surface area contributed by atoms with Crippen molar-refractivity contribution in [3.8, 4) is 0 Å². The van der Waals surface area contributed by atoms with Crippen molar-refractivity contribution in [2.24, 2.45) is 11.5 Å². The summed E-state index contributed by atoms with van der Waals surface area (Å²) in [6.45, 7) is 2.16. The first kappa shape index (κ1) is 20.6. The van der Waals surface area contributed by atoms with Crippen LogP contribution in [0.4, 0.5) is 0 Å². The Hall–Kier alpha value is -2.41. The van der Waals surface area contributed by atoms with Crippen LogP contribution in [0.3, 0.4) is 0 Å². The molecule has 0 unspecified atom stereocenters. The lowest BCUT2D eigenvalue weighted by atomic mass is 10.1. The number of carbonyl (C=O) groups is 3. The van der Waals surface area contributed by atoms with Gasteiger partial charge in [0.1, 0.15) is 12.6 Å². The van der Waals surface area contributed by atoms with Crippen LogP contribution in [-0.2, 0) is 25.7 Å². The van der Waals surface area contributed by atoms with Gasteiger partial charge in [-0.3, -0.25) is 14.4 Å². The smallest absolute Gasteiger partial charge is 0.306 e. The predicted octanol–water partition coefficient (Wildman–Crippen LogP) is 0.998. The number of primary amides is 1. The number of amides is 2. The Kier molecular flexibility index (Phi) is 9.24.